The lowest BCUT2D eigenvalue weighted by atomic mass is 9.72. The van der Waals surface area contributed by atoms with E-state index in [1.54, 1.807) is 4.68 Å². The zero-order valence-electron chi connectivity index (χ0n) is 10.5. The van der Waals surface area contributed by atoms with Crippen molar-refractivity contribution in [2.45, 2.75) is 45.1 Å². The third-order valence-electron chi connectivity index (χ3n) is 3.54. The van der Waals surface area contributed by atoms with Crippen LogP contribution in [-0.2, 0) is 13.5 Å². The average Bonchev–Trinajstić information content (AvgIpc) is 2.47. The normalized spacial score (nSPS) is 35.2. The van der Waals surface area contributed by atoms with Crippen molar-refractivity contribution in [3.05, 3.63) is 18.0 Å². The number of aromatic nitrogens is 2. The standard InChI is InChI=1S/C13H22N2O/c1-10-6-11(2)8-13(16,7-10)9-12-4-5-15(3)14-12/h4-5,10-11,16H,6-9H2,1-3H3. The number of aliphatic hydroxyl groups is 1. The van der Waals surface area contributed by atoms with Gasteiger partial charge in [-0.3, -0.25) is 4.68 Å². The number of rotatable bonds is 2. The third-order valence-corrected chi connectivity index (χ3v) is 3.54. The van der Waals surface area contributed by atoms with Crippen LogP contribution in [0.5, 0.6) is 0 Å². The van der Waals surface area contributed by atoms with Crippen LogP contribution >= 0.6 is 0 Å². The molecule has 1 aliphatic carbocycles. The van der Waals surface area contributed by atoms with E-state index in [-0.39, 0.29) is 0 Å². The zero-order chi connectivity index (χ0) is 11.8. The highest BCUT2D eigenvalue weighted by Gasteiger charge is 2.36. The van der Waals surface area contributed by atoms with E-state index in [0.29, 0.717) is 18.3 Å². The van der Waals surface area contributed by atoms with Gasteiger partial charge >= 0.3 is 0 Å². The Labute approximate surface area is 97.5 Å². The predicted octanol–water partition coefficient (Wildman–Crippen LogP) is 2.15. The summed E-state index contributed by atoms with van der Waals surface area (Å²) in [6.45, 7) is 4.47. The van der Waals surface area contributed by atoms with Crippen LogP contribution in [0.15, 0.2) is 12.3 Å². The van der Waals surface area contributed by atoms with E-state index in [9.17, 15) is 5.11 Å². The second kappa shape index (κ2) is 4.21. The molecule has 1 aromatic rings. The SMILES string of the molecule is CC1CC(C)CC(O)(Cc2ccn(C)n2)C1. The van der Waals surface area contributed by atoms with Gasteiger partial charge in [0.05, 0.1) is 11.3 Å². The lowest BCUT2D eigenvalue weighted by Crippen LogP contribution is -2.39. The smallest absolute Gasteiger partial charge is 0.0708 e. The van der Waals surface area contributed by atoms with Crippen molar-refractivity contribution in [2.24, 2.45) is 18.9 Å². The molecule has 1 heterocycles. The topological polar surface area (TPSA) is 38.0 Å². The molecule has 1 aromatic heterocycles. The van der Waals surface area contributed by atoms with Crippen LogP contribution in [-0.4, -0.2) is 20.5 Å². The van der Waals surface area contributed by atoms with Crippen LogP contribution < -0.4 is 0 Å². The fraction of sp³-hybridized carbons (Fsp3) is 0.769. The van der Waals surface area contributed by atoms with E-state index in [4.69, 9.17) is 0 Å². The first-order valence-electron chi connectivity index (χ1n) is 6.18. The van der Waals surface area contributed by atoms with Crippen LogP contribution in [0.25, 0.3) is 0 Å². The summed E-state index contributed by atoms with van der Waals surface area (Å²) < 4.78 is 1.80. The second-order valence-electron chi connectivity index (χ2n) is 5.74. The first-order chi connectivity index (χ1) is 7.47. The fourth-order valence-electron chi connectivity index (χ4n) is 3.27. The highest BCUT2D eigenvalue weighted by atomic mass is 16.3. The van der Waals surface area contributed by atoms with Crippen LogP contribution in [0, 0.1) is 11.8 Å². The molecule has 1 fully saturated rings. The summed E-state index contributed by atoms with van der Waals surface area (Å²) in [6, 6.07) is 2.00. The van der Waals surface area contributed by atoms with E-state index < -0.39 is 5.60 Å². The van der Waals surface area contributed by atoms with Gasteiger partial charge < -0.3 is 5.11 Å². The molecular weight excluding hydrogens is 200 g/mol. The minimum atomic E-state index is -0.536. The van der Waals surface area contributed by atoms with E-state index in [2.05, 4.69) is 18.9 Å². The number of aryl methyl sites for hydroxylation is 1. The number of hydrogen-bond acceptors (Lipinski definition) is 2. The maximum absolute atomic E-state index is 10.6. The molecule has 3 heteroatoms. The van der Waals surface area contributed by atoms with Gasteiger partial charge in [-0.25, -0.2) is 0 Å². The van der Waals surface area contributed by atoms with Crippen LogP contribution in [0.1, 0.15) is 38.8 Å². The second-order valence-corrected chi connectivity index (χ2v) is 5.74. The molecule has 1 N–H and O–H groups in total. The van der Waals surface area contributed by atoms with Gasteiger partial charge in [0.15, 0.2) is 0 Å². The Bertz CT molecular complexity index is 349. The van der Waals surface area contributed by atoms with Crippen molar-refractivity contribution >= 4 is 0 Å². The first-order valence-corrected chi connectivity index (χ1v) is 6.18. The summed E-state index contributed by atoms with van der Waals surface area (Å²) in [6.07, 6.45) is 5.70. The maximum Gasteiger partial charge on any atom is 0.0708 e. The van der Waals surface area contributed by atoms with E-state index in [0.717, 1.165) is 18.5 Å². The summed E-state index contributed by atoms with van der Waals surface area (Å²) in [5.74, 6) is 1.25. The van der Waals surface area contributed by atoms with Crippen molar-refractivity contribution in [1.29, 1.82) is 0 Å². The van der Waals surface area contributed by atoms with Gasteiger partial charge in [-0.05, 0) is 37.2 Å². The lowest BCUT2D eigenvalue weighted by molar-refractivity contribution is -0.0312. The minimum absolute atomic E-state index is 0.536. The molecule has 2 unspecified atom stereocenters. The van der Waals surface area contributed by atoms with E-state index in [1.807, 2.05) is 19.3 Å². The van der Waals surface area contributed by atoms with Crippen molar-refractivity contribution in [3.8, 4) is 0 Å². The molecule has 2 rings (SSSR count). The summed E-state index contributed by atoms with van der Waals surface area (Å²) in [7, 11) is 1.92. The van der Waals surface area contributed by atoms with Gasteiger partial charge in [-0.1, -0.05) is 13.8 Å². The summed E-state index contributed by atoms with van der Waals surface area (Å²) in [5, 5.41) is 15.0. The quantitative estimate of drug-likeness (QED) is 0.832. The molecule has 3 nitrogen and oxygen atoms in total. The molecule has 1 aliphatic rings. The Kier molecular flexibility index (Phi) is 3.06. The van der Waals surface area contributed by atoms with Gasteiger partial charge in [0.1, 0.15) is 0 Å². The Balaban J connectivity index is 2.07. The Morgan fingerprint density at radius 2 is 2.06 bits per heavy atom. The Hall–Kier alpha value is -0.830. The van der Waals surface area contributed by atoms with Crippen molar-refractivity contribution < 1.29 is 5.11 Å². The van der Waals surface area contributed by atoms with Gasteiger partial charge in [-0.2, -0.15) is 5.10 Å². The molecule has 2 atom stereocenters. The largest absolute Gasteiger partial charge is 0.389 e. The molecule has 16 heavy (non-hydrogen) atoms. The van der Waals surface area contributed by atoms with Crippen molar-refractivity contribution in [1.82, 2.24) is 9.78 Å². The van der Waals surface area contributed by atoms with Gasteiger partial charge in [0.25, 0.3) is 0 Å². The highest BCUT2D eigenvalue weighted by molar-refractivity contribution is 5.05. The summed E-state index contributed by atoms with van der Waals surface area (Å²) in [5.41, 5.74) is 0.470. The molecular formula is C13H22N2O. The van der Waals surface area contributed by atoms with Crippen LogP contribution in [0.4, 0.5) is 0 Å². The molecule has 0 saturated heterocycles. The summed E-state index contributed by atoms with van der Waals surface area (Å²) in [4.78, 5) is 0. The molecule has 0 spiro atoms. The minimum Gasteiger partial charge on any atom is -0.389 e. The van der Waals surface area contributed by atoms with Gasteiger partial charge in [0, 0.05) is 19.7 Å². The molecule has 0 amide bonds. The molecule has 1 saturated carbocycles. The van der Waals surface area contributed by atoms with Crippen molar-refractivity contribution in [2.75, 3.05) is 0 Å². The Morgan fingerprint density at radius 1 is 1.44 bits per heavy atom. The first kappa shape index (κ1) is 11.6. The third kappa shape index (κ3) is 2.64. The predicted molar refractivity (Wildman–Crippen MR) is 64.0 cm³/mol. The van der Waals surface area contributed by atoms with Gasteiger partial charge in [-0.15, -0.1) is 0 Å². The molecule has 0 aromatic carbocycles. The fourth-order valence-corrected chi connectivity index (χ4v) is 3.27. The monoisotopic (exact) mass is 222 g/mol. The molecule has 0 radical (unpaired) electrons. The number of nitrogens with zero attached hydrogens (tertiary/aromatic N) is 2. The highest BCUT2D eigenvalue weighted by Crippen LogP contribution is 2.37. The zero-order valence-corrected chi connectivity index (χ0v) is 10.5. The average molecular weight is 222 g/mol. The molecule has 0 aliphatic heterocycles. The van der Waals surface area contributed by atoms with Crippen molar-refractivity contribution in [3.63, 3.8) is 0 Å². The molecule has 0 bridgehead atoms. The van der Waals surface area contributed by atoms with E-state index >= 15 is 0 Å². The maximum atomic E-state index is 10.6. The Morgan fingerprint density at radius 3 is 2.56 bits per heavy atom. The van der Waals surface area contributed by atoms with E-state index in [1.165, 1.54) is 6.42 Å². The van der Waals surface area contributed by atoms with Crippen LogP contribution in [0.3, 0.4) is 0 Å². The lowest BCUT2D eigenvalue weighted by Gasteiger charge is -2.38. The molecule has 90 valence electrons. The van der Waals surface area contributed by atoms with Crippen LogP contribution in [0.2, 0.25) is 0 Å². The van der Waals surface area contributed by atoms with Gasteiger partial charge in [0.2, 0.25) is 0 Å². The number of hydrogen-bond donors (Lipinski definition) is 1. The summed E-state index contributed by atoms with van der Waals surface area (Å²) >= 11 is 0.